The van der Waals surface area contributed by atoms with Gasteiger partial charge in [-0.25, -0.2) is 0 Å². The molecule has 1 heterocycles. The predicted molar refractivity (Wildman–Crippen MR) is 163 cm³/mol. The van der Waals surface area contributed by atoms with E-state index in [9.17, 15) is 18.0 Å². The lowest BCUT2D eigenvalue weighted by Gasteiger charge is -2.49. The zero-order chi connectivity index (χ0) is 29.9. The fraction of sp³-hybridized carbons (Fsp3) is 0.455. The molecular weight excluding hydrogens is 602 g/mol. The van der Waals surface area contributed by atoms with Crippen molar-refractivity contribution in [3.8, 4) is 5.75 Å². The normalized spacial score (nSPS) is 20.7. The number of Topliss-reactive ketones (excluding diaryl/α,β-unsaturated/α-hetero) is 2. The minimum Gasteiger partial charge on any atom is -0.378 e. The molecule has 0 amide bonds. The van der Waals surface area contributed by atoms with E-state index in [1.807, 2.05) is 6.92 Å². The van der Waals surface area contributed by atoms with E-state index in [1.54, 1.807) is 30.3 Å². The number of carbonyl (C=O) groups excluding carboxylic acids is 2. The quantitative estimate of drug-likeness (QED) is 0.302. The van der Waals surface area contributed by atoms with Crippen LogP contribution in [0.15, 0.2) is 74.4 Å². The number of carbonyl (C=O) groups is 2. The zero-order valence-corrected chi connectivity index (χ0v) is 27.0. The minimum absolute atomic E-state index is 0.0674. The van der Waals surface area contributed by atoms with E-state index >= 15 is 0 Å². The molecule has 2 aliphatic carbocycles. The Kier molecular flexibility index (Phi) is 7.65. The van der Waals surface area contributed by atoms with Gasteiger partial charge in [-0.05, 0) is 82.8 Å². The molecule has 0 spiro atoms. The lowest BCUT2D eigenvalue weighted by Crippen LogP contribution is -2.44. The largest absolute Gasteiger partial charge is 0.378 e. The van der Waals surface area contributed by atoms with Crippen LogP contribution in [0.25, 0.3) is 0 Å². The Balaban J connectivity index is 1.63. The minimum atomic E-state index is -4.05. The van der Waals surface area contributed by atoms with Gasteiger partial charge in [0.15, 0.2) is 17.3 Å². The van der Waals surface area contributed by atoms with Gasteiger partial charge in [0, 0.05) is 47.8 Å². The predicted octanol–water partition coefficient (Wildman–Crippen LogP) is 7.62. The van der Waals surface area contributed by atoms with Gasteiger partial charge >= 0.3 is 10.1 Å². The second-order valence-electron chi connectivity index (χ2n) is 13.2. The summed E-state index contributed by atoms with van der Waals surface area (Å²) < 4.78 is 31.9. The highest BCUT2D eigenvalue weighted by Gasteiger charge is 2.48. The van der Waals surface area contributed by atoms with E-state index in [0.717, 1.165) is 48.3 Å². The summed E-state index contributed by atoms with van der Waals surface area (Å²) in [5.41, 5.74) is 4.83. The number of allylic oxidation sites excluding steroid dienone is 4. The SMILES string of the molecule is CCCN1C2=C(C(=O)CC(C)(C)C2)C(c2ccc(OS(=O)(=O)c3ccc(C)cc3)c(Br)c2)C2=C1CC(C)(C)CC2=O. The van der Waals surface area contributed by atoms with Crippen molar-refractivity contribution in [3.63, 3.8) is 0 Å². The molecule has 0 saturated carbocycles. The van der Waals surface area contributed by atoms with E-state index in [4.69, 9.17) is 4.18 Å². The molecule has 0 fully saturated rings. The van der Waals surface area contributed by atoms with Crippen LogP contribution in [0.4, 0.5) is 0 Å². The van der Waals surface area contributed by atoms with Crippen LogP contribution in [-0.2, 0) is 19.7 Å². The smallest absolute Gasteiger partial charge is 0.339 e. The summed E-state index contributed by atoms with van der Waals surface area (Å²) in [6, 6.07) is 11.7. The van der Waals surface area contributed by atoms with Gasteiger partial charge in [-0.1, -0.05) is 58.4 Å². The molecule has 0 radical (unpaired) electrons. The Morgan fingerprint density at radius 2 is 1.41 bits per heavy atom. The number of hydrogen-bond acceptors (Lipinski definition) is 6. The molecule has 2 aromatic rings. The van der Waals surface area contributed by atoms with Gasteiger partial charge in [0.25, 0.3) is 0 Å². The molecule has 218 valence electrons. The van der Waals surface area contributed by atoms with Crippen molar-refractivity contribution >= 4 is 37.6 Å². The summed E-state index contributed by atoms with van der Waals surface area (Å²) in [6.07, 6.45) is 3.25. The third-order valence-corrected chi connectivity index (χ3v) is 10.1. The van der Waals surface area contributed by atoms with E-state index in [-0.39, 0.29) is 33.0 Å². The summed E-state index contributed by atoms with van der Waals surface area (Å²) in [7, 11) is -4.05. The van der Waals surface area contributed by atoms with Gasteiger partial charge in [-0.15, -0.1) is 0 Å². The van der Waals surface area contributed by atoms with Crippen LogP contribution in [0.2, 0.25) is 0 Å². The number of benzene rings is 2. The standard InChI is InChI=1S/C33H38BrNO5S/c1-7-14-35-24-16-32(3,4)18-26(36)30(24)29(31-25(35)17-33(5,6)19-27(31)37)21-10-13-28(23(34)15-21)40-41(38,39)22-11-8-20(2)9-12-22/h8-13,15,29H,7,14,16-19H2,1-6H3. The number of ketones is 2. The molecule has 2 aromatic carbocycles. The van der Waals surface area contributed by atoms with Crippen molar-refractivity contribution in [2.45, 2.75) is 84.5 Å². The molecule has 0 saturated heterocycles. The van der Waals surface area contributed by atoms with Crippen LogP contribution in [0.5, 0.6) is 5.75 Å². The Hall–Kier alpha value is -2.71. The Labute approximate surface area is 252 Å². The highest BCUT2D eigenvalue weighted by molar-refractivity contribution is 9.10. The molecule has 0 unspecified atom stereocenters. The van der Waals surface area contributed by atoms with Gasteiger partial charge < -0.3 is 9.08 Å². The lowest BCUT2D eigenvalue weighted by atomic mass is 9.63. The monoisotopic (exact) mass is 639 g/mol. The zero-order valence-electron chi connectivity index (χ0n) is 24.6. The van der Waals surface area contributed by atoms with Crippen LogP contribution >= 0.6 is 15.9 Å². The summed E-state index contributed by atoms with van der Waals surface area (Å²) >= 11 is 3.53. The van der Waals surface area contributed by atoms with Crippen molar-refractivity contribution < 1.29 is 22.2 Å². The van der Waals surface area contributed by atoms with Gasteiger partial charge in [0.1, 0.15) is 4.90 Å². The Morgan fingerprint density at radius 1 is 0.878 bits per heavy atom. The second kappa shape index (κ2) is 10.5. The van der Waals surface area contributed by atoms with Crippen LogP contribution in [-0.4, -0.2) is 31.4 Å². The second-order valence-corrected chi connectivity index (χ2v) is 15.6. The molecule has 1 aliphatic heterocycles. The summed E-state index contributed by atoms with van der Waals surface area (Å²) in [5.74, 6) is -0.206. The molecule has 3 aliphatic rings. The summed E-state index contributed by atoms with van der Waals surface area (Å²) in [5, 5.41) is 0. The molecule has 8 heteroatoms. The molecular formula is C33H38BrNO5S. The van der Waals surface area contributed by atoms with E-state index in [2.05, 4.69) is 55.4 Å². The van der Waals surface area contributed by atoms with Crippen molar-refractivity contribution in [3.05, 3.63) is 80.6 Å². The number of hydrogen-bond donors (Lipinski definition) is 0. The molecule has 5 rings (SSSR count). The molecule has 0 aromatic heterocycles. The fourth-order valence-corrected chi connectivity index (χ4v) is 8.04. The number of halogens is 1. The van der Waals surface area contributed by atoms with E-state index < -0.39 is 16.0 Å². The summed E-state index contributed by atoms with van der Waals surface area (Å²) in [4.78, 5) is 30.1. The van der Waals surface area contributed by atoms with Crippen molar-refractivity contribution in [1.29, 1.82) is 0 Å². The molecule has 6 nitrogen and oxygen atoms in total. The molecule has 41 heavy (non-hydrogen) atoms. The van der Waals surface area contributed by atoms with Gasteiger partial charge in [0.2, 0.25) is 0 Å². The van der Waals surface area contributed by atoms with E-state index in [1.165, 1.54) is 12.1 Å². The maximum atomic E-state index is 13.9. The molecule has 0 atom stereocenters. The van der Waals surface area contributed by atoms with Crippen molar-refractivity contribution in [1.82, 2.24) is 4.90 Å². The third kappa shape index (κ3) is 5.70. The first-order chi connectivity index (χ1) is 19.1. The highest BCUT2D eigenvalue weighted by atomic mass is 79.9. The number of rotatable bonds is 6. The molecule has 0 bridgehead atoms. The number of nitrogens with zero attached hydrogens (tertiary/aromatic N) is 1. The first-order valence-corrected chi connectivity index (χ1v) is 16.4. The maximum absolute atomic E-state index is 13.9. The van der Waals surface area contributed by atoms with Crippen LogP contribution < -0.4 is 4.18 Å². The number of aryl methyl sites for hydroxylation is 1. The molecule has 0 N–H and O–H groups in total. The van der Waals surface area contributed by atoms with Gasteiger partial charge in [-0.3, -0.25) is 9.59 Å². The third-order valence-electron chi connectivity index (χ3n) is 8.27. The van der Waals surface area contributed by atoms with E-state index in [0.29, 0.717) is 28.5 Å². The topological polar surface area (TPSA) is 80.8 Å². The highest BCUT2D eigenvalue weighted by Crippen LogP contribution is 2.54. The van der Waals surface area contributed by atoms with Crippen LogP contribution in [0, 0.1) is 17.8 Å². The maximum Gasteiger partial charge on any atom is 0.339 e. The average Bonchev–Trinajstić information content (AvgIpc) is 2.85. The van der Waals surface area contributed by atoms with Gasteiger partial charge in [0.05, 0.1) is 4.47 Å². The van der Waals surface area contributed by atoms with Crippen molar-refractivity contribution in [2.75, 3.05) is 6.54 Å². The first-order valence-electron chi connectivity index (χ1n) is 14.2. The van der Waals surface area contributed by atoms with Crippen LogP contribution in [0.1, 0.15) is 83.8 Å². The average molecular weight is 641 g/mol. The van der Waals surface area contributed by atoms with Crippen LogP contribution in [0.3, 0.4) is 0 Å². The first kappa shape index (κ1) is 29.8. The lowest BCUT2D eigenvalue weighted by molar-refractivity contribution is -0.119. The van der Waals surface area contributed by atoms with Gasteiger partial charge in [-0.2, -0.15) is 8.42 Å². The Morgan fingerprint density at radius 3 is 1.90 bits per heavy atom. The Bertz CT molecular complexity index is 1540. The fourth-order valence-electron chi connectivity index (χ4n) is 6.51. The summed E-state index contributed by atoms with van der Waals surface area (Å²) in [6.45, 7) is 13.3. The van der Waals surface area contributed by atoms with Crippen molar-refractivity contribution in [2.24, 2.45) is 10.8 Å².